The minimum atomic E-state index is -3.94. The average Bonchev–Trinajstić information content (AvgIpc) is 2.88. The Hall–Kier alpha value is -2.27. The first-order chi connectivity index (χ1) is 15.0. The smallest absolute Gasteiger partial charge is 0.239 e. The fourth-order valence-corrected chi connectivity index (χ4v) is 6.37. The van der Waals surface area contributed by atoms with Crippen molar-refractivity contribution in [2.24, 2.45) is 22.2 Å². The Labute approximate surface area is 195 Å². The van der Waals surface area contributed by atoms with E-state index in [9.17, 15) is 26.4 Å². The fourth-order valence-electron chi connectivity index (χ4n) is 4.30. The van der Waals surface area contributed by atoms with Crippen molar-refractivity contribution in [2.75, 3.05) is 23.3 Å². The Morgan fingerprint density at radius 2 is 1.85 bits per heavy atom. The Morgan fingerprint density at radius 3 is 2.39 bits per heavy atom. The summed E-state index contributed by atoms with van der Waals surface area (Å²) < 4.78 is 51.3. The molecule has 33 heavy (non-hydrogen) atoms. The highest BCUT2D eigenvalue weighted by Crippen LogP contribution is 2.39. The highest BCUT2D eigenvalue weighted by atomic mass is 32.2. The standard InChI is InChI=1S/C22H31N3O6S2/c1-13(2)9-10-25-20(22(3,4)5)19(26)18(21(25)27)16-12-33(30,31)17-11-14(24-32(6,28)29)7-8-15(17)23-16/h7-8,11,13,18,20,24H,9-10,12H2,1-6H3/t18?,20-/m1/s1. The number of hydrogen-bond acceptors (Lipinski definition) is 7. The van der Waals surface area contributed by atoms with Gasteiger partial charge in [0.1, 0.15) is 5.92 Å². The van der Waals surface area contributed by atoms with Gasteiger partial charge in [-0.2, -0.15) is 0 Å². The van der Waals surface area contributed by atoms with Crippen molar-refractivity contribution in [1.29, 1.82) is 0 Å². The van der Waals surface area contributed by atoms with Gasteiger partial charge in [-0.3, -0.25) is 19.3 Å². The normalized spacial score (nSPS) is 23.0. The number of fused-ring (bicyclic) bond motifs is 1. The largest absolute Gasteiger partial charge is 0.331 e. The number of sulfonamides is 1. The topological polar surface area (TPSA) is 130 Å². The first-order valence-corrected chi connectivity index (χ1v) is 14.3. The summed E-state index contributed by atoms with van der Waals surface area (Å²) in [5, 5.41) is 0. The molecule has 2 aliphatic heterocycles. The molecule has 0 saturated carbocycles. The molecule has 1 amide bonds. The van der Waals surface area contributed by atoms with Crippen molar-refractivity contribution >= 4 is 48.6 Å². The van der Waals surface area contributed by atoms with Gasteiger partial charge < -0.3 is 4.90 Å². The summed E-state index contributed by atoms with van der Waals surface area (Å²) in [7, 11) is -7.53. The van der Waals surface area contributed by atoms with Crippen molar-refractivity contribution in [1.82, 2.24) is 4.90 Å². The van der Waals surface area contributed by atoms with Crippen molar-refractivity contribution < 1.29 is 26.4 Å². The van der Waals surface area contributed by atoms with Gasteiger partial charge in [-0.1, -0.05) is 34.6 Å². The molecule has 0 spiro atoms. The lowest BCUT2D eigenvalue weighted by atomic mass is 9.82. The maximum Gasteiger partial charge on any atom is 0.239 e. The van der Waals surface area contributed by atoms with Gasteiger partial charge in [-0.15, -0.1) is 0 Å². The lowest BCUT2D eigenvalue weighted by molar-refractivity contribution is -0.131. The summed E-state index contributed by atoms with van der Waals surface area (Å²) in [6.07, 6.45) is 1.69. The first kappa shape index (κ1) is 25.4. The number of ketones is 1. The van der Waals surface area contributed by atoms with Gasteiger partial charge in [0.25, 0.3) is 0 Å². The molecule has 1 aromatic rings. The zero-order valence-corrected chi connectivity index (χ0v) is 21.4. The predicted octanol–water partition coefficient (Wildman–Crippen LogP) is 2.41. The Kier molecular flexibility index (Phi) is 6.53. The van der Waals surface area contributed by atoms with Crippen LogP contribution >= 0.6 is 0 Å². The van der Waals surface area contributed by atoms with Crippen LogP contribution in [-0.2, 0) is 29.4 Å². The van der Waals surface area contributed by atoms with Crippen LogP contribution in [0.5, 0.6) is 0 Å². The van der Waals surface area contributed by atoms with Crippen LogP contribution in [0.3, 0.4) is 0 Å². The molecule has 9 nitrogen and oxygen atoms in total. The summed E-state index contributed by atoms with van der Waals surface area (Å²) in [5.74, 6) is -2.21. The number of carbonyl (C=O) groups excluding carboxylic acids is 2. The number of hydrogen-bond donors (Lipinski definition) is 1. The third kappa shape index (κ3) is 5.29. The maximum atomic E-state index is 13.4. The second-order valence-corrected chi connectivity index (χ2v) is 13.9. The van der Waals surface area contributed by atoms with Gasteiger partial charge in [0.2, 0.25) is 15.9 Å². The van der Waals surface area contributed by atoms with Crippen LogP contribution in [-0.4, -0.2) is 63.7 Å². The number of benzene rings is 1. The molecule has 11 heteroatoms. The molecule has 1 saturated heterocycles. The molecule has 2 aliphatic rings. The monoisotopic (exact) mass is 497 g/mol. The van der Waals surface area contributed by atoms with Crippen LogP contribution in [0.2, 0.25) is 0 Å². The predicted molar refractivity (Wildman–Crippen MR) is 127 cm³/mol. The minimum Gasteiger partial charge on any atom is -0.331 e. The number of carbonyl (C=O) groups is 2. The molecule has 182 valence electrons. The number of Topliss-reactive ketones (excluding diaryl/α,β-unsaturated/α-hetero) is 1. The van der Waals surface area contributed by atoms with E-state index in [1.807, 2.05) is 34.6 Å². The minimum absolute atomic E-state index is 0.0163. The van der Waals surface area contributed by atoms with E-state index in [0.717, 1.165) is 12.7 Å². The summed E-state index contributed by atoms with van der Waals surface area (Å²) >= 11 is 0. The third-order valence-corrected chi connectivity index (χ3v) is 7.98. The summed E-state index contributed by atoms with van der Waals surface area (Å²) in [5.41, 5.74) is -0.318. The molecule has 1 aromatic carbocycles. The first-order valence-electron chi connectivity index (χ1n) is 10.8. The molecule has 2 atom stereocenters. The number of nitrogens with zero attached hydrogens (tertiary/aromatic N) is 2. The number of anilines is 1. The summed E-state index contributed by atoms with van der Waals surface area (Å²) in [6.45, 7) is 10.1. The van der Waals surface area contributed by atoms with Crippen molar-refractivity contribution in [3.8, 4) is 0 Å². The highest BCUT2D eigenvalue weighted by Gasteiger charge is 2.54. The van der Waals surface area contributed by atoms with E-state index in [-0.39, 0.29) is 27.8 Å². The fraction of sp³-hybridized carbons (Fsp3) is 0.591. The van der Waals surface area contributed by atoms with Crippen molar-refractivity contribution in [3.05, 3.63) is 18.2 Å². The van der Waals surface area contributed by atoms with Gasteiger partial charge in [0.15, 0.2) is 15.6 Å². The van der Waals surface area contributed by atoms with E-state index in [1.165, 1.54) is 18.2 Å². The van der Waals surface area contributed by atoms with E-state index >= 15 is 0 Å². The van der Waals surface area contributed by atoms with Crippen LogP contribution in [0.1, 0.15) is 41.0 Å². The molecule has 0 radical (unpaired) electrons. The Morgan fingerprint density at radius 1 is 1.21 bits per heavy atom. The Balaban J connectivity index is 2.04. The lowest BCUT2D eigenvalue weighted by Gasteiger charge is -2.34. The second kappa shape index (κ2) is 8.50. The van der Waals surface area contributed by atoms with E-state index in [1.54, 1.807) is 4.90 Å². The van der Waals surface area contributed by atoms with Gasteiger partial charge in [-0.25, -0.2) is 16.8 Å². The number of rotatable bonds is 6. The number of amides is 1. The lowest BCUT2D eigenvalue weighted by Crippen LogP contribution is -2.45. The Bertz CT molecular complexity index is 1230. The number of likely N-dealkylation sites (tertiary alicyclic amines) is 1. The van der Waals surface area contributed by atoms with Crippen molar-refractivity contribution in [3.63, 3.8) is 0 Å². The average molecular weight is 498 g/mol. The molecule has 0 bridgehead atoms. The zero-order valence-electron chi connectivity index (χ0n) is 19.7. The van der Waals surface area contributed by atoms with Crippen LogP contribution in [0.4, 0.5) is 11.4 Å². The van der Waals surface area contributed by atoms with Gasteiger partial charge in [-0.05, 0) is 36.0 Å². The summed E-state index contributed by atoms with van der Waals surface area (Å²) in [4.78, 5) is 32.6. The van der Waals surface area contributed by atoms with Crippen LogP contribution < -0.4 is 4.72 Å². The SMILES string of the molecule is CC(C)CCN1C(=O)C(C2=Nc3ccc(NS(C)(=O)=O)cc3S(=O)(=O)C2)C(=O)[C@@H]1C(C)(C)C. The molecule has 0 aliphatic carbocycles. The molecule has 3 rings (SSSR count). The molecule has 2 heterocycles. The van der Waals surface area contributed by atoms with Crippen LogP contribution in [0.15, 0.2) is 28.1 Å². The van der Waals surface area contributed by atoms with Gasteiger partial charge in [0, 0.05) is 12.2 Å². The molecule has 1 N–H and O–H groups in total. The van der Waals surface area contributed by atoms with E-state index < -0.39 is 48.9 Å². The summed E-state index contributed by atoms with van der Waals surface area (Å²) in [6, 6.07) is 3.31. The van der Waals surface area contributed by atoms with E-state index in [0.29, 0.717) is 12.5 Å². The maximum absolute atomic E-state index is 13.4. The third-order valence-electron chi connectivity index (χ3n) is 5.70. The highest BCUT2D eigenvalue weighted by molar-refractivity contribution is 7.92. The van der Waals surface area contributed by atoms with Crippen LogP contribution in [0.25, 0.3) is 0 Å². The zero-order chi connectivity index (χ0) is 24.9. The van der Waals surface area contributed by atoms with Crippen molar-refractivity contribution in [2.45, 2.75) is 52.0 Å². The molecule has 1 unspecified atom stereocenters. The molecule has 0 aromatic heterocycles. The number of nitrogens with one attached hydrogen (secondary N) is 1. The van der Waals surface area contributed by atoms with E-state index in [4.69, 9.17) is 0 Å². The molecule has 1 fully saturated rings. The van der Waals surface area contributed by atoms with Gasteiger partial charge >= 0.3 is 0 Å². The number of aliphatic imine (C=N–C) groups is 1. The number of sulfone groups is 1. The molecular formula is C22H31N3O6S2. The second-order valence-electron chi connectivity index (χ2n) is 10.2. The quantitative estimate of drug-likeness (QED) is 0.601. The van der Waals surface area contributed by atoms with E-state index in [2.05, 4.69) is 9.71 Å². The van der Waals surface area contributed by atoms with Gasteiger partial charge in [0.05, 0.1) is 34.3 Å². The van der Waals surface area contributed by atoms with Crippen LogP contribution in [0, 0.1) is 17.3 Å². The molecular weight excluding hydrogens is 466 g/mol.